The highest BCUT2D eigenvalue weighted by Gasteiger charge is 2.07. The molecule has 0 fully saturated rings. The van der Waals surface area contributed by atoms with E-state index < -0.39 is 0 Å². The van der Waals surface area contributed by atoms with Crippen molar-refractivity contribution in [1.82, 2.24) is 0 Å². The fourth-order valence-corrected chi connectivity index (χ4v) is 2.17. The minimum absolute atomic E-state index is 0.268. The standard InChI is InChI=1S/C14H20BrFO/c1-3-5-6-11(4-2)10-17-14-8-12(15)7-13(16)9-14/h7-9,11H,3-6,10H2,1-2H3. The molecule has 1 aromatic rings. The van der Waals surface area contributed by atoms with Gasteiger partial charge < -0.3 is 4.74 Å². The molecule has 1 unspecified atom stereocenters. The van der Waals surface area contributed by atoms with Gasteiger partial charge in [-0.2, -0.15) is 0 Å². The van der Waals surface area contributed by atoms with Gasteiger partial charge in [-0.05, 0) is 24.5 Å². The smallest absolute Gasteiger partial charge is 0.128 e. The monoisotopic (exact) mass is 302 g/mol. The Morgan fingerprint density at radius 1 is 1.29 bits per heavy atom. The molecular formula is C14H20BrFO. The maximum Gasteiger partial charge on any atom is 0.128 e. The molecule has 0 aromatic heterocycles. The zero-order valence-electron chi connectivity index (χ0n) is 10.5. The van der Waals surface area contributed by atoms with Crippen LogP contribution < -0.4 is 4.74 Å². The zero-order valence-corrected chi connectivity index (χ0v) is 12.1. The third-order valence-corrected chi connectivity index (χ3v) is 3.32. The molecule has 1 aromatic carbocycles. The van der Waals surface area contributed by atoms with Gasteiger partial charge in [0.15, 0.2) is 0 Å². The van der Waals surface area contributed by atoms with E-state index in [4.69, 9.17) is 4.74 Å². The van der Waals surface area contributed by atoms with Gasteiger partial charge in [-0.3, -0.25) is 0 Å². The van der Waals surface area contributed by atoms with Crippen LogP contribution in [0.2, 0.25) is 0 Å². The predicted octanol–water partition coefficient (Wildman–Crippen LogP) is 5.18. The minimum atomic E-state index is -0.268. The van der Waals surface area contributed by atoms with E-state index in [1.807, 2.05) is 0 Å². The summed E-state index contributed by atoms with van der Waals surface area (Å²) in [5.41, 5.74) is 0. The Balaban J connectivity index is 2.47. The van der Waals surface area contributed by atoms with Gasteiger partial charge in [0.05, 0.1) is 6.61 Å². The molecule has 1 atom stereocenters. The molecule has 0 aliphatic rings. The first-order valence-electron chi connectivity index (χ1n) is 6.24. The Kier molecular flexibility index (Phi) is 6.56. The topological polar surface area (TPSA) is 9.23 Å². The molecule has 0 spiro atoms. The van der Waals surface area contributed by atoms with Crippen LogP contribution in [-0.2, 0) is 0 Å². The van der Waals surface area contributed by atoms with Gasteiger partial charge in [-0.25, -0.2) is 4.39 Å². The maximum atomic E-state index is 13.1. The van der Waals surface area contributed by atoms with Crippen LogP contribution in [0.25, 0.3) is 0 Å². The Morgan fingerprint density at radius 2 is 2.06 bits per heavy atom. The summed E-state index contributed by atoms with van der Waals surface area (Å²) < 4.78 is 19.5. The van der Waals surface area contributed by atoms with Crippen molar-refractivity contribution in [3.8, 4) is 5.75 Å². The molecule has 0 aliphatic carbocycles. The summed E-state index contributed by atoms with van der Waals surface area (Å²) in [7, 11) is 0. The average molecular weight is 303 g/mol. The largest absolute Gasteiger partial charge is 0.493 e. The second-order valence-corrected chi connectivity index (χ2v) is 5.25. The highest BCUT2D eigenvalue weighted by Crippen LogP contribution is 2.22. The highest BCUT2D eigenvalue weighted by molar-refractivity contribution is 9.10. The van der Waals surface area contributed by atoms with Crippen molar-refractivity contribution in [3.05, 3.63) is 28.5 Å². The van der Waals surface area contributed by atoms with Gasteiger partial charge in [0.1, 0.15) is 11.6 Å². The van der Waals surface area contributed by atoms with Crippen molar-refractivity contribution < 1.29 is 9.13 Å². The Morgan fingerprint density at radius 3 is 2.65 bits per heavy atom. The molecule has 0 heterocycles. The van der Waals surface area contributed by atoms with E-state index in [0.29, 0.717) is 22.7 Å². The van der Waals surface area contributed by atoms with Gasteiger partial charge in [0.2, 0.25) is 0 Å². The summed E-state index contributed by atoms with van der Waals surface area (Å²) in [5.74, 6) is 0.903. The fourth-order valence-electron chi connectivity index (χ4n) is 1.72. The van der Waals surface area contributed by atoms with E-state index >= 15 is 0 Å². The van der Waals surface area contributed by atoms with Gasteiger partial charge in [0.25, 0.3) is 0 Å². The number of rotatable bonds is 7. The van der Waals surface area contributed by atoms with Crippen molar-refractivity contribution in [2.75, 3.05) is 6.61 Å². The molecule has 0 bridgehead atoms. The first-order valence-corrected chi connectivity index (χ1v) is 7.03. The maximum absolute atomic E-state index is 13.1. The van der Waals surface area contributed by atoms with Crippen molar-refractivity contribution in [3.63, 3.8) is 0 Å². The molecule has 0 N–H and O–H groups in total. The SMILES string of the molecule is CCCCC(CC)COc1cc(F)cc(Br)c1. The van der Waals surface area contributed by atoms with Gasteiger partial charge >= 0.3 is 0 Å². The quantitative estimate of drug-likeness (QED) is 0.674. The lowest BCUT2D eigenvalue weighted by Crippen LogP contribution is -2.11. The Labute approximate surface area is 111 Å². The van der Waals surface area contributed by atoms with Crippen LogP contribution in [0.15, 0.2) is 22.7 Å². The van der Waals surface area contributed by atoms with Crippen LogP contribution in [0.3, 0.4) is 0 Å². The third kappa shape index (κ3) is 5.53. The lowest BCUT2D eigenvalue weighted by molar-refractivity contribution is 0.232. The summed E-state index contributed by atoms with van der Waals surface area (Å²) in [6.45, 7) is 5.04. The summed E-state index contributed by atoms with van der Waals surface area (Å²) in [4.78, 5) is 0. The molecule has 0 radical (unpaired) electrons. The van der Waals surface area contributed by atoms with E-state index in [0.717, 1.165) is 6.42 Å². The van der Waals surface area contributed by atoms with E-state index in [2.05, 4.69) is 29.8 Å². The molecule has 0 aliphatic heterocycles. The number of halogens is 2. The summed E-state index contributed by atoms with van der Waals surface area (Å²) in [6.07, 6.45) is 4.73. The second kappa shape index (κ2) is 7.70. The molecule has 1 rings (SSSR count). The first kappa shape index (κ1) is 14.5. The lowest BCUT2D eigenvalue weighted by Gasteiger charge is -2.15. The Hall–Kier alpha value is -0.570. The second-order valence-electron chi connectivity index (χ2n) is 4.33. The minimum Gasteiger partial charge on any atom is -0.493 e. The van der Waals surface area contributed by atoms with Gasteiger partial charge in [-0.15, -0.1) is 0 Å². The molecule has 96 valence electrons. The Bertz CT molecular complexity index is 321. The number of unbranched alkanes of at least 4 members (excludes halogenated alkanes) is 1. The number of hydrogen-bond acceptors (Lipinski definition) is 1. The third-order valence-electron chi connectivity index (χ3n) is 2.87. The average Bonchev–Trinajstić information content (AvgIpc) is 2.28. The normalized spacial score (nSPS) is 12.5. The predicted molar refractivity (Wildman–Crippen MR) is 72.9 cm³/mol. The molecule has 0 saturated carbocycles. The van der Waals surface area contributed by atoms with Crippen LogP contribution in [0.1, 0.15) is 39.5 Å². The molecular weight excluding hydrogens is 283 g/mol. The van der Waals surface area contributed by atoms with Crippen LogP contribution in [0.4, 0.5) is 4.39 Å². The first-order chi connectivity index (χ1) is 8.15. The van der Waals surface area contributed by atoms with Crippen molar-refractivity contribution >= 4 is 15.9 Å². The highest BCUT2D eigenvalue weighted by atomic mass is 79.9. The number of benzene rings is 1. The van der Waals surface area contributed by atoms with E-state index in [1.165, 1.54) is 31.4 Å². The lowest BCUT2D eigenvalue weighted by atomic mass is 10.0. The van der Waals surface area contributed by atoms with Crippen LogP contribution in [0, 0.1) is 11.7 Å². The molecule has 3 heteroatoms. The van der Waals surface area contributed by atoms with Gasteiger partial charge in [0, 0.05) is 10.5 Å². The van der Waals surface area contributed by atoms with E-state index in [-0.39, 0.29) is 5.82 Å². The molecule has 0 saturated heterocycles. The van der Waals surface area contributed by atoms with Crippen LogP contribution >= 0.6 is 15.9 Å². The van der Waals surface area contributed by atoms with Crippen LogP contribution in [-0.4, -0.2) is 6.61 Å². The summed E-state index contributed by atoms with van der Waals surface area (Å²) >= 11 is 3.26. The molecule has 17 heavy (non-hydrogen) atoms. The summed E-state index contributed by atoms with van der Waals surface area (Å²) in [5, 5.41) is 0. The number of ether oxygens (including phenoxy) is 1. The zero-order chi connectivity index (χ0) is 12.7. The van der Waals surface area contributed by atoms with Crippen LogP contribution in [0.5, 0.6) is 5.75 Å². The molecule has 0 amide bonds. The van der Waals surface area contributed by atoms with Crippen molar-refractivity contribution in [2.24, 2.45) is 5.92 Å². The number of hydrogen-bond donors (Lipinski definition) is 0. The summed E-state index contributed by atoms with van der Waals surface area (Å²) in [6, 6.07) is 4.66. The fraction of sp³-hybridized carbons (Fsp3) is 0.571. The van der Waals surface area contributed by atoms with Gasteiger partial charge in [-0.1, -0.05) is 49.0 Å². The van der Waals surface area contributed by atoms with E-state index in [1.54, 1.807) is 6.07 Å². The molecule has 1 nitrogen and oxygen atoms in total. The van der Waals surface area contributed by atoms with Crippen molar-refractivity contribution in [1.29, 1.82) is 0 Å². The van der Waals surface area contributed by atoms with Crippen molar-refractivity contribution in [2.45, 2.75) is 39.5 Å². The van der Waals surface area contributed by atoms with E-state index in [9.17, 15) is 4.39 Å².